The van der Waals surface area contributed by atoms with Crippen LogP contribution in [0.2, 0.25) is 0 Å². The largest absolute Gasteiger partial charge is 0.317 e. The summed E-state index contributed by atoms with van der Waals surface area (Å²) in [6, 6.07) is 0.970. The Hall–Kier alpha value is -0.0800. The van der Waals surface area contributed by atoms with E-state index in [9.17, 15) is 0 Å². The first-order valence-corrected chi connectivity index (χ1v) is 5.83. The van der Waals surface area contributed by atoms with E-state index in [1.807, 2.05) is 0 Å². The number of rotatable bonds is 0. The van der Waals surface area contributed by atoms with Crippen molar-refractivity contribution in [2.75, 3.05) is 26.2 Å². The minimum absolute atomic E-state index is 0.732. The van der Waals surface area contributed by atoms with Crippen molar-refractivity contribution in [2.45, 2.75) is 38.1 Å². The fourth-order valence-corrected chi connectivity index (χ4v) is 3.65. The third-order valence-corrected chi connectivity index (χ3v) is 4.37. The first-order valence-electron chi connectivity index (χ1n) is 5.83. The molecular weight excluding hydrogens is 160 g/mol. The summed E-state index contributed by atoms with van der Waals surface area (Å²) < 4.78 is 0. The van der Waals surface area contributed by atoms with Gasteiger partial charge in [-0.05, 0) is 57.2 Å². The van der Waals surface area contributed by atoms with E-state index in [4.69, 9.17) is 0 Å². The van der Waals surface area contributed by atoms with Crippen molar-refractivity contribution in [1.29, 1.82) is 0 Å². The molecule has 1 spiro atoms. The lowest BCUT2D eigenvalue weighted by Crippen LogP contribution is -2.38. The molecule has 0 aromatic rings. The summed E-state index contributed by atoms with van der Waals surface area (Å²) in [5.41, 5.74) is 0.732. The van der Waals surface area contributed by atoms with Gasteiger partial charge >= 0.3 is 0 Å². The molecule has 0 radical (unpaired) electrons. The van der Waals surface area contributed by atoms with E-state index in [2.05, 4.69) is 10.2 Å². The van der Waals surface area contributed by atoms with Crippen LogP contribution in [0.5, 0.6) is 0 Å². The van der Waals surface area contributed by atoms with E-state index in [-0.39, 0.29) is 0 Å². The predicted octanol–water partition coefficient (Wildman–Crippen LogP) is 1.22. The molecule has 1 atom stereocenters. The van der Waals surface area contributed by atoms with E-state index < -0.39 is 0 Å². The van der Waals surface area contributed by atoms with Crippen molar-refractivity contribution >= 4 is 0 Å². The zero-order valence-corrected chi connectivity index (χ0v) is 8.39. The Morgan fingerprint density at radius 3 is 2.85 bits per heavy atom. The molecule has 0 amide bonds. The van der Waals surface area contributed by atoms with Crippen molar-refractivity contribution in [3.63, 3.8) is 0 Å². The van der Waals surface area contributed by atoms with E-state index in [0.29, 0.717) is 0 Å². The Morgan fingerprint density at radius 2 is 2.08 bits per heavy atom. The fourth-order valence-electron chi connectivity index (χ4n) is 3.65. The third kappa shape index (κ3) is 1.31. The molecule has 3 heterocycles. The van der Waals surface area contributed by atoms with Gasteiger partial charge in [0.15, 0.2) is 0 Å². The zero-order chi connectivity index (χ0) is 8.73. The Kier molecular flexibility index (Phi) is 1.88. The molecule has 0 bridgehead atoms. The minimum Gasteiger partial charge on any atom is -0.317 e. The molecule has 0 aromatic heterocycles. The highest BCUT2D eigenvalue weighted by atomic mass is 15.2. The van der Waals surface area contributed by atoms with Gasteiger partial charge in [-0.3, -0.25) is 4.90 Å². The molecule has 74 valence electrons. The molecule has 13 heavy (non-hydrogen) atoms. The van der Waals surface area contributed by atoms with Crippen LogP contribution in [-0.4, -0.2) is 37.1 Å². The Balaban J connectivity index is 1.73. The van der Waals surface area contributed by atoms with Crippen LogP contribution in [0.3, 0.4) is 0 Å². The number of piperidine rings is 1. The monoisotopic (exact) mass is 180 g/mol. The summed E-state index contributed by atoms with van der Waals surface area (Å²) in [6.45, 7) is 5.33. The first kappa shape index (κ1) is 8.25. The molecule has 2 nitrogen and oxygen atoms in total. The number of hydrogen-bond donors (Lipinski definition) is 1. The highest BCUT2D eigenvalue weighted by Crippen LogP contribution is 2.45. The maximum absolute atomic E-state index is 3.48. The van der Waals surface area contributed by atoms with Crippen LogP contribution in [0.15, 0.2) is 0 Å². The van der Waals surface area contributed by atoms with Crippen LogP contribution in [0.1, 0.15) is 32.1 Å². The smallest absolute Gasteiger partial charge is 0.0102 e. The van der Waals surface area contributed by atoms with Gasteiger partial charge in [-0.1, -0.05) is 0 Å². The number of hydrogen-bond acceptors (Lipinski definition) is 2. The highest BCUT2D eigenvalue weighted by Gasteiger charge is 2.45. The summed E-state index contributed by atoms with van der Waals surface area (Å²) in [5, 5.41) is 3.48. The summed E-state index contributed by atoms with van der Waals surface area (Å²) in [4.78, 5) is 2.76. The second kappa shape index (κ2) is 2.96. The van der Waals surface area contributed by atoms with Crippen LogP contribution in [0, 0.1) is 5.41 Å². The molecule has 2 heteroatoms. The zero-order valence-electron chi connectivity index (χ0n) is 8.39. The molecule has 1 N–H and O–H groups in total. The summed E-state index contributed by atoms with van der Waals surface area (Å²) in [6.07, 6.45) is 7.31. The van der Waals surface area contributed by atoms with Gasteiger partial charge in [0, 0.05) is 12.6 Å². The Morgan fingerprint density at radius 1 is 1.23 bits per heavy atom. The molecule has 3 saturated heterocycles. The van der Waals surface area contributed by atoms with Crippen molar-refractivity contribution in [3.05, 3.63) is 0 Å². The first-order chi connectivity index (χ1) is 6.38. The van der Waals surface area contributed by atoms with Gasteiger partial charge in [0.1, 0.15) is 0 Å². The molecule has 0 aromatic carbocycles. The van der Waals surface area contributed by atoms with Gasteiger partial charge in [-0.15, -0.1) is 0 Å². The standard InChI is InChI=1S/C11H20N2/c1-2-10-8-11(9-13(10)7-1)3-5-12-6-4-11/h10,12H,1-9H2. The SMILES string of the molecule is C1CC2CC3(CCNCC3)CN2C1. The third-order valence-electron chi connectivity index (χ3n) is 4.37. The van der Waals surface area contributed by atoms with Gasteiger partial charge in [-0.25, -0.2) is 0 Å². The maximum Gasteiger partial charge on any atom is 0.0102 e. The molecule has 0 aliphatic carbocycles. The quantitative estimate of drug-likeness (QED) is 0.603. The van der Waals surface area contributed by atoms with Crippen LogP contribution >= 0.6 is 0 Å². The normalized spacial score (nSPS) is 38.3. The Bertz CT molecular complexity index is 182. The van der Waals surface area contributed by atoms with Gasteiger partial charge in [-0.2, -0.15) is 0 Å². The maximum atomic E-state index is 3.48. The molecule has 1 unspecified atom stereocenters. The molecule has 3 rings (SSSR count). The lowest BCUT2D eigenvalue weighted by Gasteiger charge is -2.34. The highest BCUT2D eigenvalue weighted by molar-refractivity contribution is 5.00. The molecular formula is C11H20N2. The van der Waals surface area contributed by atoms with Crippen LogP contribution < -0.4 is 5.32 Å². The van der Waals surface area contributed by atoms with E-state index in [1.54, 1.807) is 0 Å². The summed E-state index contributed by atoms with van der Waals surface area (Å²) in [5.74, 6) is 0. The molecule has 0 saturated carbocycles. The van der Waals surface area contributed by atoms with Gasteiger partial charge < -0.3 is 5.32 Å². The van der Waals surface area contributed by atoms with Crippen LogP contribution in [0.4, 0.5) is 0 Å². The van der Waals surface area contributed by atoms with Crippen LogP contribution in [-0.2, 0) is 0 Å². The predicted molar refractivity (Wildman–Crippen MR) is 53.7 cm³/mol. The Labute approximate surface area is 80.7 Å². The molecule has 3 aliphatic heterocycles. The average Bonchev–Trinajstić information content (AvgIpc) is 2.64. The van der Waals surface area contributed by atoms with Crippen molar-refractivity contribution in [2.24, 2.45) is 5.41 Å². The van der Waals surface area contributed by atoms with Crippen molar-refractivity contribution < 1.29 is 0 Å². The second-order valence-electron chi connectivity index (χ2n) is 5.22. The lowest BCUT2D eigenvalue weighted by molar-refractivity contribution is 0.199. The lowest BCUT2D eigenvalue weighted by atomic mass is 9.76. The number of nitrogens with zero attached hydrogens (tertiary/aromatic N) is 1. The summed E-state index contributed by atoms with van der Waals surface area (Å²) >= 11 is 0. The summed E-state index contributed by atoms with van der Waals surface area (Å²) in [7, 11) is 0. The van der Waals surface area contributed by atoms with Gasteiger partial charge in [0.2, 0.25) is 0 Å². The van der Waals surface area contributed by atoms with Gasteiger partial charge in [0.05, 0.1) is 0 Å². The minimum atomic E-state index is 0.732. The van der Waals surface area contributed by atoms with Gasteiger partial charge in [0.25, 0.3) is 0 Å². The number of nitrogens with one attached hydrogen (secondary N) is 1. The van der Waals surface area contributed by atoms with Crippen molar-refractivity contribution in [3.8, 4) is 0 Å². The fraction of sp³-hybridized carbons (Fsp3) is 1.00. The second-order valence-corrected chi connectivity index (χ2v) is 5.22. The topological polar surface area (TPSA) is 15.3 Å². The van der Waals surface area contributed by atoms with Crippen molar-refractivity contribution in [1.82, 2.24) is 10.2 Å². The average molecular weight is 180 g/mol. The molecule has 3 fully saturated rings. The van der Waals surface area contributed by atoms with E-state index in [0.717, 1.165) is 11.5 Å². The molecule has 3 aliphatic rings. The van der Waals surface area contributed by atoms with E-state index >= 15 is 0 Å². The van der Waals surface area contributed by atoms with E-state index in [1.165, 1.54) is 58.3 Å². The number of fused-ring (bicyclic) bond motifs is 1. The van der Waals surface area contributed by atoms with Crippen LogP contribution in [0.25, 0.3) is 0 Å².